The number of thioether (sulfide) groups is 1. The summed E-state index contributed by atoms with van der Waals surface area (Å²) in [5.41, 5.74) is 1.81. The molecule has 6 nitrogen and oxygen atoms in total. The SMILES string of the molecule is CN=C(NCc1ccc(NC(=O)OC)cc1)NCC1(C)CCCS1.I. The van der Waals surface area contributed by atoms with Gasteiger partial charge in [-0.2, -0.15) is 11.8 Å². The molecule has 0 bridgehead atoms. The number of hydrogen-bond donors (Lipinski definition) is 3. The second-order valence-electron chi connectivity index (χ2n) is 5.99. The van der Waals surface area contributed by atoms with E-state index in [4.69, 9.17) is 0 Å². The van der Waals surface area contributed by atoms with Gasteiger partial charge in [0.25, 0.3) is 0 Å². The van der Waals surface area contributed by atoms with Crippen LogP contribution in [0.15, 0.2) is 29.3 Å². The first-order chi connectivity index (χ1) is 11.5. The van der Waals surface area contributed by atoms with Gasteiger partial charge in [-0.15, -0.1) is 24.0 Å². The van der Waals surface area contributed by atoms with E-state index in [-0.39, 0.29) is 24.0 Å². The highest BCUT2D eigenvalue weighted by Crippen LogP contribution is 2.36. The third-order valence-electron chi connectivity index (χ3n) is 4.00. The van der Waals surface area contributed by atoms with Crippen LogP contribution in [0.3, 0.4) is 0 Å². The minimum atomic E-state index is -0.469. The molecular formula is C17H27IN4O2S. The van der Waals surface area contributed by atoms with Gasteiger partial charge in [-0.3, -0.25) is 10.3 Å². The molecule has 1 aromatic rings. The number of nitrogens with zero attached hydrogens (tertiary/aromatic N) is 1. The van der Waals surface area contributed by atoms with E-state index < -0.39 is 6.09 Å². The summed E-state index contributed by atoms with van der Waals surface area (Å²) in [5.74, 6) is 2.05. The van der Waals surface area contributed by atoms with Gasteiger partial charge in [-0.1, -0.05) is 12.1 Å². The van der Waals surface area contributed by atoms with E-state index in [1.54, 1.807) is 7.05 Å². The van der Waals surface area contributed by atoms with Crippen molar-refractivity contribution in [1.29, 1.82) is 0 Å². The second-order valence-corrected chi connectivity index (χ2v) is 7.68. The van der Waals surface area contributed by atoms with Crippen molar-refractivity contribution in [2.75, 3.05) is 31.8 Å². The lowest BCUT2D eigenvalue weighted by atomic mass is 10.1. The number of amides is 1. The second kappa shape index (κ2) is 10.7. The number of rotatable bonds is 5. The van der Waals surface area contributed by atoms with Crippen LogP contribution >= 0.6 is 35.7 Å². The van der Waals surface area contributed by atoms with Crippen LogP contribution < -0.4 is 16.0 Å². The highest BCUT2D eigenvalue weighted by Gasteiger charge is 2.29. The number of carbonyl (C=O) groups is 1. The lowest BCUT2D eigenvalue weighted by Gasteiger charge is -2.24. The molecule has 1 fully saturated rings. The summed E-state index contributed by atoms with van der Waals surface area (Å²) in [4.78, 5) is 15.4. The van der Waals surface area contributed by atoms with Crippen molar-refractivity contribution in [2.24, 2.45) is 4.99 Å². The predicted octanol–water partition coefficient (Wildman–Crippen LogP) is 3.43. The fraction of sp³-hybridized carbons (Fsp3) is 0.529. The maximum Gasteiger partial charge on any atom is 0.411 e. The molecule has 1 aliphatic rings. The van der Waals surface area contributed by atoms with E-state index in [1.807, 2.05) is 36.0 Å². The molecule has 1 aromatic carbocycles. The standard InChI is InChI=1S/C17H26N4O2S.HI/c1-17(9-4-10-24-17)12-20-15(18-2)19-11-13-5-7-14(8-6-13)21-16(22)23-3;/h5-8H,4,9-12H2,1-3H3,(H,21,22)(H2,18,19,20);1H. The van der Waals surface area contributed by atoms with E-state index in [0.29, 0.717) is 17.0 Å². The van der Waals surface area contributed by atoms with Crippen LogP contribution in [0.5, 0.6) is 0 Å². The molecule has 1 heterocycles. The van der Waals surface area contributed by atoms with Crippen molar-refractivity contribution in [1.82, 2.24) is 10.6 Å². The van der Waals surface area contributed by atoms with Crippen molar-refractivity contribution < 1.29 is 9.53 Å². The number of ether oxygens (including phenoxy) is 1. The van der Waals surface area contributed by atoms with Crippen LogP contribution in [0.25, 0.3) is 0 Å². The molecule has 8 heteroatoms. The summed E-state index contributed by atoms with van der Waals surface area (Å²) in [7, 11) is 3.12. The van der Waals surface area contributed by atoms with Gasteiger partial charge in [-0.05, 0) is 43.2 Å². The first-order valence-electron chi connectivity index (χ1n) is 8.07. The third-order valence-corrected chi connectivity index (χ3v) is 5.54. The van der Waals surface area contributed by atoms with Crippen LogP contribution in [0.1, 0.15) is 25.3 Å². The lowest BCUT2D eigenvalue weighted by molar-refractivity contribution is 0.187. The Balaban J connectivity index is 0.00000312. The Morgan fingerprint density at radius 3 is 2.60 bits per heavy atom. The monoisotopic (exact) mass is 478 g/mol. The van der Waals surface area contributed by atoms with E-state index in [0.717, 1.165) is 18.1 Å². The van der Waals surface area contributed by atoms with E-state index in [9.17, 15) is 4.79 Å². The minimum absolute atomic E-state index is 0. The van der Waals surface area contributed by atoms with Gasteiger partial charge in [0.1, 0.15) is 0 Å². The highest BCUT2D eigenvalue weighted by molar-refractivity contribution is 14.0. The smallest absolute Gasteiger partial charge is 0.411 e. The summed E-state index contributed by atoms with van der Waals surface area (Å²) >= 11 is 2.03. The Morgan fingerprint density at radius 2 is 2.04 bits per heavy atom. The molecule has 1 unspecified atom stereocenters. The normalized spacial score (nSPS) is 19.7. The summed E-state index contributed by atoms with van der Waals surface area (Å²) < 4.78 is 4.87. The number of nitrogens with one attached hydrogen (secondary N) is 3. The van der Waals surface area contributed by atoms with Gasteiger partial charge in [0, 0.05) is 30.6 Å². The van der Waals surface area contributed by atoms with Gasteiger partial charge in [-0.25, -0.2) is 4.79 Å². The van der Waals surface area contributed by atoms with Crippen molar-refractivity contribution in [3.8, 4) is 0 Å². The van der Waals surface area contributed by atoms with Gasteiger partial charge in [0.2, 0.25) is 0 Å². The average Bonchev–Trinajstić information content (AvgIpc) is 3.03. The predicted molar refractivity (Wildman–Crippen MR) is 116 cm³/mol. The fourth-order valence-corrected chi connectivity index (χ4v) is 3.77. The summed E-state index contributed by atoms with van der Waals surface area (Å²) in [6.07, 6.45) is 2.07. The highest BCUT2D eigenvalue weighted by atomic mass is 127. The van der Waals surface area contributed by atoms with Crippen LogP contribution in [0.4, 0.5) is 10.5 Å². The van der Waals surface area contributed by atoms with E-state index in [1.165, 1.54) is 25.7 Å². The average molecular weight is 478 g/mol. The first-order valence-corrected chi connectivity index (χ1v) is 9.05. The zero-order chi connectivity index (χ0) is 17.4. The van der Waals surface area contributed by atoms with Crippen LogP contribution in [-0.4, -0.2) is 43.3 Å². The van der Waals surface area contributed by atoms with Gasteiger partial charge >= 0.3 is 6.09 Å². The Labute approximate surface area is 171 Å². The van der Waals surface area contributed by atoms with Crippen molar-refractivity contribution in [3.05, 3.63) is 29.8 Å². The van der Waals surface area contributed by atoms with Gasteiger partial charge < -0.3 is 15.4 Å². The molecule has 0 aromatic heterocycles. The number of halogens is 1. The van der Waals surface area contributed by atoms with Crippen molar-refractivity contribution >= 4 is 53.5 Å². The Morgan fingerprint density at radius 1 is 1.32 bits per heavy atom. The number of benzene rings is 1. The lowest BCUT2D eigenvalue weighted by Crippen LogP contribution is -2.43. The van der Waals surface area contributed by atoms with Crippen molar-refractivity contribution in [3.63, 3.8) is 0 Å². The molecule has 0 spiro atoms. The molecule has 1 aliphatic heterocycles. The summed E-state index contributed by atoms with van der Waals surface area (Å²) in [6.45, 7) is 3.89. The number of guanidine groups is 1. The molecule has 2 rings (SSSR count). The molecule has 0 saturated carbocycles. The maximum absolute atomic E-state index is 11.2. The van der Waals surface area contributed by atoms with Crippen LogP contribution in [0.2, 0.25) is 0 Å². The minimum Gasteiger partial charge on any atom is -0.453 e. The van der Waals surface area contributed by atoms with Crippen LogP contribution in [-0.2, 0) is 11.3 Å². The molecule has 1 saturated heterocycles. The zero-order valence-electron chi connectivity index (χ0n) is 14.9. The molecule has 25 heavy (non-hydrogen) atoms. The maximum atomic E-state index is 11.2. The number of carbonyl (C=O) groups excluding carboxylic acids is 1. The molecule has 140 valence electrons. The quantitative estimate of drug-likeness (QED) is 0.344. The van der Waals surface area contributed by atoms with Gasteiger partial charge in [0.15, 0.2) is 5.96 Å². The number of anilines is 1. The number of methoxy groups -OCH3 is 1. The molecular weight excluding hydrogens is 451 g/mol. The van der Waals surface area contributed by atoms with Gasteiger partial charge in [0.05, 0.1) is 7.11 Å². The Bertz CT molecular complexity index is 575. The molecule has 1 atom stereocenters. The number of hydrogen-bond acceptors (Lipinski definition) is 4. The molecule has 1 amide bonds. The Hall–Kier alpha value is -1.16. The number of aliphatic imine (C=N–C) groups is 1. The Kier molecular flexibility index (Phi) is 9.41. The zero-order valence-corrected chi connectivity index (χ0v) is 18.1. The van der Waals surface area contributed by atoms with Crippen LogP contribution in [0, 0.1) is 0 Å². The topological polar surface area (TPSA) is 74.8 Å². The summed E-state index contributed by atoms with van der Waals surface area (Å²) in [5, 5.41) is 9.36. The molecule has 3 N–H and O–H groups in total. The first kappa shape index (κ1) is 21.9. The summed E-state index contributed by atoms with van der Waals surface area (Å²) in [6, 6.07) is 7.61. The third kappa shape index (κ3) is 7.31. The van der Waals surface area contributed by atoms with E-state index >= 15 is 0 Å². The largest absolute Gasteiger partial charge is 0.453 e. The van der Waals surface area contributed by atoms with E-state index in [2.05, 4.69) is 32.6 Å². The molecule has 0 radical (unpaired) electrons. The molecule has 0 aliphatic carbocycles. The van der Waals surface area contributed by atoms with Crippen molar-refractivity contribution in [2.45, 2.75) is 31.1 Å². The fourth-order valence-electron chi connectivity index (χ4n) is 2.53.